The van der Waals surface area contributed by atoms with Gasteiger partial charge in [-0.25, -0.2) is 8.42 Å². The average molecular weight is 211 g/mol. The molecule has 2 rings (SSSR count). The van der Waals surface area contributed by atoms with Crippen molar-refractivity contribution in [2.45, 2.75) is 24.7 Å². The fraction of sp³-hybridized carbons (Fsp3) is 0.500. The third-order valence-corrected chi connectivity index (χ3v) is 4.27. The minimum absolute atomic E-state index is 0.289. The summed E-state index contributed by atoms with van der Waals surface area (Å²) < 4.78 is 23.5. The summed E-state index contributed by atoms with van der Waals surface area (Å²) >= 11 is 0. The van der Waals surface area contributed by atoms with Crippen LogP contribution >= 0.6 is 0 Å². The lowest BCUT2D eigenvalue weighted by Crippen LogP contribution is -2.08. The highest BCUT2D eigenvalue weighted by atomic mass is 32.2. The first-order valence-electron chi connectivity index (χ1n) is 4.73. The van der Waals surface area contributed by atoms with Crippen molar-refractivity contribution in [3.05, 3.63) is 24.0 Å². The Labute approximate surface area is 84.1 Å². The highest BCUT2D eigenvalue weighted by molar-refractivity contribution is 7.91. The van der Waals surface area contributed by atoms with Crippen molar-refractivity contribution in [1.29, 1.82) is 0 Å². The molecular weight excluding hydrogens is 198 g/mol. The Morgan fingerprint density at radius 2 is 2.14 bits per heavy atom. The summed E-state index contributed by atoms with van der Waals surface area (Å²) in [4.78, 5) is 4.35. The summed E-state index contributed by atoms with van der Waals surface area (Å²) in [6.45, 7) is 1.84. The Hall–Kier alpha value is -0.900. The lowest BCUT2D eigenvalue weighted by atomic mass is 10.4. The molecule has 0 bridgehead atoms. The normalized spacial score (nSPS) is 16.9. The SMILES string of the molecule is Cc1ccc(S(=O)(=O)CC2CC2)cn1. The summed E-state index contributed by atoms with van der Waals surface area (Å²) in [6.07, 6.45) is 3.56. The largest absolute Gasteiger partial charge is 0.260 e. The summed E-state index contributed by atoms with van der Waals surface area (Å²) in [5, 5.41) is 0. The highest BCUT2D eigenvalue weighted by Crippen LogP contribution is 2.32. The molecule has 0 atom stereocenters. The van der Waals surface area contributed by atoms with Crippen LogP contribution in [0.3, 0.4) is 0 Å². The van der Waals surface area contributed by atoms with E-state index in [0.717, 1.165) is 18.5 Å². The van der Waals surface area contributed by atoms with Gasteiger partial charge in [-0.15, -0.1) is 0 Å². The first-order chi connectivity index (χ1) is 6.58. The molecule has 1 aromatic rings. The molecule has 0 unspecified atom stereocenters. The van der Waals surface area contributed by atoms with Crippen LogP contribution in [0.5, 0.6) is 0 Å². The van der Waals surface area contributed by atoms with Crippen molar-refractivity contribution >= 4 is 9.84 Å². The van der Waals surface area contributed by atoms with Crippen LogP contribution in [0.2, 0.25) is 0 Å². The maximum atomic E-state index is 11.8. The average Bonchev–Trinajstić information content (AvgIpc) is 2.88. The molecule has 1 heterocycles. The molecule has 1 saturated carbocycles. The minimum Gasteiger partial charge on any atom is -0.260 e. The van der Waals surface area contributed by atoms with E-state index in [-0.39, 0.29) is 5.75 Å². The molecule has 76 valence electrons. The van der Waals surface area contributed by atoms with E-state index in [2.05, 4.69) is 4.98 Å². The van der Waals surface area contributed by atoms with Crippen LogP contribution < -0.4 is 0 Å². The van der Waals surface area contributed by atoms with Gasteiger partial charge in [0.25, 0.3) is 0 Å². The van der Waals surface area contributed by atoms with Gasteiger partial charge >= 0.3 is 0 Å². The lowest BCUT2D eigenvalue weighted by Gasteiger charge is -2.02. The smallest absolute Gasteiger partial charge is 0.180 e. The predicted octanol–water partition coefficient (Wildman–Crippen LogP) is 1.57. The molecule has 0 N–H and O–H groups in total. The van der Waals surface area contributed by atoms with Crippen LogP contribution in [0.25, 0.3) is 0 Å². The molecule has 0 amide bonds. The van der Waals surface area contributed by atoms with Gasteiger partial charge in [0.15, 0.2) is 9.84 Å². The number of hydrogen-bond acceptors (Lipinski definition) is 3. The molecule has 0 spiro atoms. The maximum Gasteiger partial charge on any atom is 0.180 e. The van der Waals surface area contributed by atoms with E-state index in [0.29, 0.717) is 10.8 Å². The van der Waals surface area contributed by atoms with Crippen molar-refractivity contribution in [3.63, 3.8) is 0 Å². The standard InChI is InChI=1S/C10H13NO2S/c1-8-2-5-10(6-11-8)14(12,13)7-9-3-4-9/h2,5-6,9H,3-4,7H2,1H3. The first kappa shape index (κ1) is 9.65. The van der Waals surface area contributed by atoms with Crippen molar-refractivity contribution in [1.82, 2.24) is 4.98 Å². The molecule has 1 aliphatic rings. The number of pyridine rings is 1. The van der Waals surface area contributed by atoms with Gasteiger partial charge < -0.3 is 0 Å². The molecule has 0 aromatic carbocycles. The van der Waals surface area contributed by atoms with Crippen LogP contribution in [0.4, 0.5) is 0 Å². The summed E-state index contributed by atoms with van der Waals surface area (Å²) in [6, 6.07) is 3.37. The van der Waals surface area contributed by atoms with E-state index in [1.54, 1.807) is 12.1 Å². The quantitative estimate of drug-likeness (QED) is 0.762. The van der Waals surface area contributed by atoms with Crippen LogP contribution in [-0.4, -0.2) is 19.2 Å². The van der Waals surface area contributed by atoms with Crippen molar-refractivity contribution in [2.75, 3.05) is 5.75 Å². The van der Waals surface area contributed by atoms with Gasteiger partial charge in [0.05, 0.1) is 10.6 Å². The molecular formula is C10H13NO2S. The Morgan fingerprint density at radius 3 is 2.64 bits per heavy atom. The van der Waals surface area contributed by atoms with Gasteiger partial charge in [0.2, 0.25) is 0 Å². The van der Waals surface area contributed by atoms with Gasteiger partial charge in [0, 0.05) is 11.9 Å². The van der Waals surface area contributed by atoms with E-state index in [9.17, 15) is 8.42 Å². The van der Waals surface area contributed by atoms with Gasteiger partial charge in [-0.05, 0) is 37.8 Å². The van der Waals surface area contributed by atoms with Crippen molar-refractivity contribution in [3.8, 4) is 0 Å². The summed E-state index contributed by atoms with van der Waals surface area (Å²) in [5.41, 5.74) is 0.843. The molecule has 4 heteroatoms. The summed E-state index contributed by atoms with van der Waals surface area (Å²) in [5.74, 6) is 0.680. The van der Waals surface area contributed by atoms with Gasteiger partial charge in [-0.1, -0.05) is 0 Å². The van der Waals surface area contributed by atoms with Crippen LogP contribution in [0.1, 0.15) is 18.5 Å². The van der Waals surface area contributed by atoms with Gasteiger partial charge in [0.1, 0.15) is 0 Å². The molecule has 0 saturated heterocycles. The van der Waals surface area contributed by atoms with Gasteiger partial charge in [-0.3, -0.25) is 4.98 Å². The van der Waals surface area contributed by atoms with Crippen LogP contribution in [0.15, 0.2) is 23.2 Å². The maximum absolute atomic E-state index is 11.8. The van der Waals surface area contributed by atoms with Crippen molar-refractivity contribution in [2.24, 2.45) is 5.92 Å². The lowest BCUT2D eigenvalue weighted by molar-refractivity contribution is 0.592. The predicted molar refractivity (Wildman–Crippen MR) is 53.8 cm³/mol. The van der Waals surface area contributed by atoms with E-state index in [1.165, 1.54) is 6.20 Å². The number of sulfone groups is 1. The fourth-order valence-electron chi connectivity index (χ4n) is 1.33. The number of nitrogens with zero attached hydrogens (tertiary/aromatic N) is 1. The zero-order valence-corrected chi connectivity index (χ0v) is 8.92. The van der Waals surface area contributed by atoms with E-state index < -0.39 is 9.84 Å². The van der Waals surface area contributed by atoms with E-state index in [1.807, 2.05) is 6.92 Å². The minimum atomic E-state index is -3.08. The Morgan fingerprint density at radius 1 is 1.43 bits per heavy atom. The van der Waals surface area contributed by atoms with E-state index in [4.69, 9.17) is 0 Å². The molecule has 1 aliphatic carbocycles. The van der Waals surface area contributed by atoms with Crippen molar-refractivity contribution < 1.29 is 8.42 Å². The third kappa shape index (κ3) is 2.12. The number of rotatable bonds is 3. The number of aryl methyl sites for hydroxylation is 1. The second-order valence-corrected chi connectivity index (χ2v) is 5.89. The number of hydrogen-bond donors (Lipinski definition) is 0. The van der Waals surface area contributed by atoms with E-state index >= 15 is 0 Å². The topological polar surface area (TPSA) is 47.0 Å². The van der Waals surface area contributed by atoms with Gasteiger partial charge in [-0.2, -0.15) is 0 Å². The monoisotopic (exact) mass is 211 g/mol. The molecule has 0 aliphatic heterocycles. The zero-order valence-electron chi connectivity index (χ0n) is 8.10. The second-order valence-electron chi connectivity index (χ2n) is 3.86. The van der Waals surface area contributed by atoms with Crippen LogP contribution in [0, 0.1) is 12.8 Å². The molecule has 0 radical (unpaired) electrons. The van der Waals surface area contributed by atoms with Crippen LogP contribution in [-0.2, 0) is 9.84 Å². The second kappa shape index (κ2) is 3.35. The molecule has 14 heavy (non-hydrogen) atoms. The number of aromatic nitrogens is 1. The fourth-order valence-corrected chi connectivity index (χ4v) is 2.96. The first-order valence-corrected chi connectivity index (χ1v) is 6.38. The Kier molecular flexibility index (Phi) is 2.31. The Bertz CT molecular complexity index is 418. The molecule has 3 nitrogen and oxygen atoms in total. The molecule has 1 aromatic heterocycles. The Balaban J connectivity index is 2.24. The third-order valence-electron chi connectivity index (χ3n) is 2.40. The zero-order chi connectivity index (χ0) is 10.2. The summed E-state index contributed by atoms with van der Waals surface area (Å²) in [7, 11) is -3.08. The molecule has 1 fully saturated rings. The highest BCUT2D eigenvalue weighted by Gasteiger charge is 2.29.